The Kier molecular flexibility index (Phi) is 4.82. The number of carbonyl (C=O) groups excluding carboxylic acids is 1. The summed E-state index contributed by atoms with van der Waals surface area (Å²) in [6.45, 7) is 4.06. The van der Waals surface area contributed by atoms with Crippen LogP contribution < -0.4 is 10.5 Å². The molecule has 0 fully saturated rings. The molecule has 0 saturated heterocycles. The minimum atomic E-state index is -0.434. The maximum absolute atomic E-state index is 11.6. The molecule has 2 N–H and O–H groups in total. The van der Waals surface area contributed by atoms with Gasteiger partial charge in [-0.1, -0.05) is 13.3 Å². The van der Waals surface area contributed by atoms with Crippen molar-refractivity contribution >= 4 is 11.7 Å². The van der Waals surface area contributed by atoms with E-state index in [1.165, 1.54) is 7.11 Å². The number of rotatable bonds is 5. The molecule has 4 nitrogen and oxygen atoms in total. The molecule has 0 bridgehead atoms. The Balaban J connectivity index is 2.94. The van der Waals surface area contributed by atoms with Crippen LogP contribution in [0, 0.1) is 0 Å². The van der Waals surface area contributed by atoms with Gasteiger partial charge in [0, 0.05) is 5.69 Å². The van der Waals surface area contributed by atoms with Crippen molar-refractivity contribution < 1.29 is 14.3 Å². The predicted octanol–water partition coefficient (Wildman–Crippen LogP) is 2.62. The second-order valence-corrected chi connectivity index (χ2v) is 3.96. The smallest absolute Gasteiger partial charge is 0.341 e. The van der Waals surface area contributed by atoms with E-state index in [-0.39, 0.29) is 6.10 Å². The van der Waals surface area contributed by atoms with Crippen molar-refractivity contribution in [3.8, 4) is 5.75 Å². The van der Waals surface area contributed by atoms with Gasteiger partial charge in [0.05, 0.1) is 13.2 Å². The molecule has 1 rings (SSSR count). The number of benzene rings is 1. The van der Waals surface area contributed by atoms with Crippen molar-refractivity contribution in [3.05, 3.63) is 23.8 Å². The highest BCUT2D eigenvalue weighted by molar-refractivity contribution is 5.93. The molecule has 0 aliphatic rings. The quantitative estimate of drug-likeness (QED) is 0.631. The molecule has 0 spiro atoms. The number of esters is 1. The van der Waals surface area contributed by atoms with Crippen LogP contribution in [-0.2, 0) is 4.74 Å². The maximum atomic E-state index is 11.6. The van der Waals surface area contributed by atoms with Crippen LogP contribution in [0.3, 0.4) is 0 Å². The van der Waals surface area contributed by atoms with Gasteiger partial charge in [-0.05, 0) is 31.5 Å². The number of ether oxygens (including phenoxy) is 2. The molecule has 1 aromatic carbocycles. The molecule has 4 heteroatoms. The molecule has 0 heterocycles. The van der Waals surface area contributed by atoms with E-state index in [1.807, 2.05) is 6.92 Å². The second kappa shape index (κ2) is 6.13. The number of hydrogen-bond donors (Lipinski definition) is 1. The van der Waals surface area contributed by atoms with Crippen molar-refractivity contribution in [3.63, 3.8) is 0 Å². The van der Waals surface area contributed by atoms with E-state index in [0.29, 0.717) is 17.0 Å². The lowest BCUT2D eigenvalue weighted by atomic mass is 10.1. The zero-order chi connectivity index (χ0) is 12.8. The number of nitrogen functional groups attached to an aromatic ring is 1. The first-order valence-electron chi connectivity index (χ1n) is 5.73. The fourth-order valence-corrected chi connectivity index (χ4v) is 1.60. The fourth-order valence-electron chi connectivity index (χ4n) is 1.60. The van der Waals surface area contributed by atoms with E-state index in [9.17, 15) is 4.79 Å². The number of methoxy groups -OCH3 is 1. The Morgan fingerprint density at radius 1 is 1.47 bits per heavy atom. The van der Waals surface area contributed by atoms with E-state index >= 15 is 0 Å². The molecule has 0 radical (unpaired) electrons. The van der Waals surface area contributed by atoms with Crippen molar-refractivity contribution in [2.24, 2.45) is 0 Å². The number of hydrogen-bond acceptors (Lipinski definition) is 4. The average Bonchev–Trinajstić information content (AvgIpc) is 2.30. The van der Waals surface area contributed by atoms with Crippen LogP contribution in [0.25, 0.3) is 0 Å². The normalized spacial score (nSPS) is 11.9. The number of anilines is 1. The van der Waals surface area contributed by atoms with E-state index < -0.39 is 5.97 Å². The summed E-state index contributed by atoms with van der Waals surface area (Å²) in [5.74, 6) is 0.0861. The van der Waals surface area contributed by atoms with Crippen LogP contribution in [0.2, 0.25) is 0 Å². The third-order valence-corrected chi connectivity index (χ3v) is 2.43. The number of carbonyl (C=O) groups is 1. The highest BCUT2D eigenvalue weighted by atomic mass is 16.5. The summed E-state index contributed by atoms with van der Waals surface area (Å²) in [6.07, 6.45) is 2.03. The first-order valence-corrected chi connectivity index (χ1v) is 5.73. The zero-order valence-corrected chi connectivity index (χ0v) is 10.5. The minimum absolute atomic E-state index is 0.0621. The van der Waals surface area contributed by atoms with Gasteiger partial charge >= 0.3 is 5.97 Å². The fraction of sp³-hybridized carbons (Fsp3) is 0.462. The van der Waals surface area contributed by atoms with E-state index in [4.69, 9.17) is 15.2 Å². The van der Waals surface area contributed by atoms with Crippen molar-refractivity contribution in [1.82, 2.24) is 0 Å². The molecule has 1 aromatic rings. The minimum Gasteiger partial charge on any atom is -0.490 e. The highest BCUT2D eigenvalue weighted by Gasteiger charge is 2.15. The molecule has 0 aliphatic carbocycles. The van der Waals surface area contributed by atoms with Gasteiger partial charge in [-0.3, -0.25) is 0 Å². The van der Waals surface area contributed by atoms with Gasteiger partial charge in [-0.2, -0.15) is 0 Å². The Morgan fingerprint density at radius 2 is 2.18 bits per heavy atom. The van der Waals surface area contributed by atoms with Crippen molar-refractivity contribution in [2.45, 2.75) is 32.8 Å². The molecule has 0 aromatic heterocycles. The van der Waals surface area contributed by atoms with Gasteiger partial charge in [0.1, 0.15) is 11.3 Å². The molecule has 1 unspecified atom stereocenters. The molecule has 0 aliphatic heterocycles. The lowest BCUT2D eigenvalue weighted by Crippen LogP contribution is -2.14. The molecular weight excluding hydrogens is 218 g/mol. The number of nitrogens with two attached hydrogens (primary N) is 1. The van der Waals surface area contributed by atoms with Gasteiger partial charge in [0.25, 0.3) is 0 Å². The SMILES string of the molecule is CCCC(C)Oc1ccc(N)cc1C(=O)OC. The van der Waals surface area contributed by atoms with Crippen molar-refractivity contribution in [2.75, 3.05) is 12.8 Å². The average molecular weight is 237 g/mol. The molecule has 0 amide bonds. The van der Waals surface area contributed by atoms with E-state index in [0.717, 1.165) is 12.8 Å². The van der Waals surface area contributed by atoms with Crippen LogP contribution >= 0.6 is 0 Å². The van der Waals surface area contributed by atoms with Gasteiger partial charge < -0.3 is 15.2 Å². The van der Waals surface area contributed by atoms with Crippen molar-refractivity contribution in [1.29, 1.82) is 0 Å². The summed E-state index contributed by atoms with van der Waals surface area (Å²) in [5, 5.41) is 0. The zero-order valence-electron chi connectivity index (χ0n) is 10.5. The third kappa shape index (κ3) is 3.66. The summed E-state index contributed by atoms with van der Waals surface area (Å²) in [4.78, 5) is 11.6. The van der Waals surface area contributed by atoms with Crippen LogP contribution in [0.1, 0.15) is 37.0 Å². The van der Waals surface area contributed by atoms with Crippen LogP contribution in [0.5, 0.6) is 5.75 Å². The van der Waals surface area contributed by atoms with Gasteiger partial charge in [0.15, 0.2) is 0 Å². The van der Waals surface area contributed by atoms with Crippen LogP contribution in [0.4, 0.5) is 5.69 Å². The summed E-state index contributed by atoms with van der Waals surface area (Å²) >= 11 is 0. The topological polar surface area (TPSA) is 61.5 Å². The maximum Gasteiger partial charge on any atom is 0.341 e. The first kappa shape index (κ1) is 13.4. The van der Waals surface area contributed by atoms with E-state index in [1.54, 1.807) is 18.2 Å². The van der Waals surface area contributed by atoms with Crippen LogP contribution in [-0.4, -0.2) is 19.2 Å². The Labute approximate surface area is 102 Å². The van der Waals surface area contributed by atoms with Gasteiger partial charge in [-0.25, -0.2) is 4.79 Å². The molecule has 0 saturated carbocycles. The first-order chi connectivity index (χ1) is 8.08. The monoisotopic (exact) mass is 237 g/mol. The van der Waals surface area contributed by atoms with Crippen LogP contribution in [0.15, 0.2) is 18.2 Å². The van der Waals surface area contributed by atoms with Gasteiger partial charge in [0.2, 0.25) is 0 Å². The summed E-state index contributed by atoms with van der Waals surface area (Å²) in [6, 6.07) is 4.98. The third-order valence-electron chi connectivity index (χ3n) is 2.43. The second-order valence-electron chi connectivity index (χ2n) is 3.96. The highest BCUT2D eigenvalue weighted by Crippen LogP contribution is 2.24. The molecule has 94 valence electrons. The molecular formula is C13H19NO3. The lowest BCUT2D eigenvalue weighted by molar-refractivity contribution is 0.0593. The lowest BCUT2D eigenvalue weighted by Gasteiger charge is -2.16. The largest absolute Gasteiger partial charge is 0.490 e. The van der Waals surface area contributed by atoms with Gasteiger partial charge in [-0.15, -0.1) is 0 Å². The van der Waals surface area contributed by atoms with E-state index in [2.05, 4.69) is 6.92 Å². The summed E-state index contributed by atoms with van der Waals surface area (Å²) < 4.78 is 10.4. The molecule has 17 heavy (non-hydrogen) atoms. The predicted molar refractivity (Wildman–Crippen MR) is 67.2 cm³/mol. The summed E-state index contributed by atoms with van der Waals surface area (Å²) in [7, 11) is 1.34. The standard InChI is InChI=1S/C13H19NO3/c1-4-5-9(2)17-12-7-6-10(14)8-11(12)13(15)16-3/h6-9H,4-5,14H2,1-3H3. The molecule has 1 atom stereocenters. The Hall–Kier alpha value is -1.71. The summed E-state index contributed by atoms with van der Waals surface area (Å²) in [5.41, 5.74) is 6.53. The Bertz CT molecular complexity index is 390. The Morgan fingerprint density at radius 3 is 2.76 bits per heavy atom.